The second-order valence-electron chi connectivity index (χ2n) is 3.31. The van der Waals surface area contributed by atoms with Crippen molar-refractivity contribution in [1.29, 1.82) is 0 Å². The van der Waals surface area contributed by atoms with Gasteiger partial charge in [-0.2, -0.15) is 25.3 Å². The summed E-state index contributed by atoms with van der Waals surface area (Å²) < 4.78 is 14.0. The Bertz CT molecular complexity index is 281. The molecule has 0 radical (unpaired) electrons. The van der Waals surface area contributed by atoms with Gasteiger partial charge in [-0.05, 0) is 6.54 Å². The zero-order valence-electron chi connectivity index (χ0n) is 9.79. The van der Waals surface area contributed by atoms with Crippen molar-refractivity contribution in [1.82, 2.24) is 16.0 Å². The molecular weight excluding hydrogens is 265 g/mol. The van der Waals surface area contributed by atoms with Crippen LogP contribution < -0.4 is 16.0 Å². The van der Waals surface area contributed by atoms with Crippen molar-refractivity contribution >= 4 is 37.1 Å². The minimum Gasteiger partial charge on any atom is -0.357 e. The number of carbonyl (C=O) groups is 2. The Balaban J connectivity index is 4.63. The molecular formula is C9H18FN3O2S2. The Morgan fingerprint density at radius 2 is 2.00 bits per heavy atom. The van der Waals surface area contributed by atoms with Gasteiger partial charge in [-0.25, -0.2) is 4.39 Å². The topological polar surface area (TPSA) is 70.2 Å². The van der Waals surface area contributed by atoms with E-state index < -0.39 is 23.6 Å². The van der Waals surface area contributed by atoms with E-state index in [-0.39, 0.29) is 18.1 Å². The quantitative estimate of drug-likeness (QED) is 0.319. The molecule has 0 heterocycles. The second-order valence-corrected chi connectivity index (χ2v) is 3.99. The minimum atomic E-state index is -2.28. The molecule has 2 amide bonds. The maximum Gasteiger partial charge on any atom is 0.274 e. The first-order valence-corrected chi connectivity index (χ1v) is 6.39. The van der Waals surface area contributed by atoms with E-state index in [1.54, 1.807) is 6.92 Å². The maximum atomic E-state index is 14.0. The van der Waals surface area contributed by atoms with E-state index in [9.17, 15) is 14.0 Å². The number of hydrogen-bond acceptors (Lipinski definition) is 5. The summed E-state index contributed by atoms with van der Waals surface area (Å²) in [6, 6.07) is -0.871. The van der Waals surface area contributed by atoms with Crippen LogP contribution in [0.5, 0.6) is 0 Å². The van der Waals surface area contributed by atoms with Crippen LogP contribution in [0.25, 0.3) is 0 Å². The largest absolute Gasteiger partial charge is 0.357 e. The molecule has 0 rings (SSSR count). The first-order valence-electron chi connectivity index (χ1n) is 5.13. The molecule has 17 heavy (non-hydrogen) atoms. The van der Waals surface area contributed by atoms with E-state index in [1.165, 1.54) is 7.05 Å². The Morgan fingerprint density at radius 1 is 1.41 bits per heavy atom. The van der Waals surface area contributed by atoms with Crippen LogP contribution in [0.15, 0.2) is 0 Å². The molecule has 0 aliphatic rings. The van der Waals surface area contributed by atoms with Crippen LogP contribution >= 0.6 is 25.3 Å². The predicted molar refractivity (Wildman–Crippen MR) is 71.2 cm³/mol. The molecule has 2 atom stereocenters. The summed E-state index contributed by atoms with van der Waals surface area (Å²) in [6.07, 6.45) is 0. The number of amides is 2. The molecule has 3 N–H and O–H groups in total. The van der Waals surface area contributed by atoms with Gasteiger partial charge in [0.1, 0.15) is 6.04 Å². The summed E-state index contributed by atoms with van der Waals surface area (Å²) in [5, 5.41) is 7.02. The average Bonchev–Trinajstić information content (AvgIpc) is 2.34. The molecule has 0 saturated carbocycles. The van der Waals surface area contributed by atoms with Gasteiger partial charge in [0.25, 0.3) is 5.91 Å². The normalized spacial score (nSPS) is 15.8. The van der Waals surface area contributed by atoms with Crippen molar-refractivity contribution < 1.29 is 14.0 Å². The molecule has 0 aromatic rings. The minimum absolute atomic E-state index is 0.0835. The Morgan fingerprint density at radius 3 is 2.35 bits per heavy atom. The first kappa shape index (κ1) is 16.5. The lowest BCUT2D eigenvalue weighted by atomic mass is 10.2. The van der Waals surface area contributed by atoms with Crippen molar-refractivity contribution in [2.75, 3.05) is 25.1 Å². The smallest absolute Gasteiger partial charge is 0.274 e. The lowest BCUT2D eigenvalue weighted by Crippen LogP contribution is -2.59. The maximum absolute atomic E-state index is 14.0. The average molecular weight is 283 g/mol. The van der Waals surface area contributed by atoms with Gasteiger partial charge in [0, 0.05) is 18.6 Å². The molecule has 0 aromatic heterocycles. The molecule has 0 unspecified atom stereocenters. The summed E-state index contributed by atoms with van der Waals surface area (Å²) >= 11 is 7.71. The number of nitrogens with one attached hydrogen (secondary N) is 3. The highest BCUT2D eigenvalue weighted by atomic mass is 32.1. The van der Waals surface area contributed by atoms with Gasteiger partial charge in [-0.15, -0.1) is 0 Å². The molecule has 0 spiro atoms. The molecule has 0 aromatic carbocycles. The van der Waals surface area contributed by atoms with Gasteiger partial charge in [0.15, 0.2) is 0 Å². The van der Waals surface area contributed by atoms with E-state index in [0.29, 0.717) is 0 Å². The third-order valence-electron chi connectivity index (χ3n) is 2.09. The Labute approximate surface area is 111 Å². The van der Waals surface area contributed by atoms with E-state index in [0.717, 1.165) is 0 Å². The molecule has 100 valence electrons. The van der Waals surface area contributed by atoms with Crippen LogP contribution in [0.2, 0.25) is 0 Å². The number of likely N-dealkylation sites (N-methyl/N-ethyl adjacent to an activating group) is 2. The molecule has 0 aliphatic heterocycles. The van der Waals surface area contributed by atoms with Gasteiger partial charge in [0.05, 0.1) is 0 Å². The van der Waals surface area contributed by atoms with E-state index >= 15 is 0 Å². The molecule has 0 fully saturated rings. The Hall–Kier alpha value is -0.470. The highest BCUT2D eigenvalue weighted by molar-refractivity contribution is 7.80. The van der Waals surface area contributed by atoms with Gasteiger partial charge >= 0.3 is 0 Å². The third-order valence-corrected chi connectivity index (χ3v) is 2.89. The number of carbonyl (C=O) groups excluding carboxylic acids is 2. The summed E-state index contributed by atoms with van der Waals surface area (Å²) in [7, 11) is 1.43. The zero-order valence-corrected chi connectivity index (χ0v) is 11.6. The first-order chi connectivity index (χ1) is 7.95. The molecule has 5 nitrogen and oxygen atoms in total. The number of rotatable bonds is 7. The molecule has 0 aliphatic carbocycles. The molecule has 0 bridgehead atoms. The predicted octanol–water partition coefficient (Wildman–Crippen LogP) is -0.648. The molecule has 8 heteroatoms. The van der Waals surface area contributed by atoms with Crippen LogP contribution in [-0.4, -0.2) is 48.7 Å². The van der Waals surface area contributed by atoms with Crippen molar-refractivity contribution in [3.05, 3.63) is 0 Å². The van der Waals surface area contributed by atoms with Gasteiger partial charge in [-0.1, -0.05) is 6.92 Å². The van der Waals surface area contributed by atoms with Crippen molar-refractivity contribution in [3.8, 4) is 0 Å². The van der Waals surface area contributed by atoms with Gasteiger partial charge in [0.2, 0.25) is 11.7 Å². The zero-order chi connectivity index (χ0) is 13.5. The van der Waals surface area contributed by atoms with E-state index in [1.807, 2.05) is 0 Å². The van der Waals surface area contributed by atoms with Crippen molar-refractivity contribution in [3.63, 3.8) is 0 Å². The lowest BCUT2D eigenvalue weighted by Gasteiger charge is -2.25. The standard InChI is InChI=1S/C9H18FN3O2S2/c1-3-12-9(10,5-17)8(15)13-6(4-16)7(14)11-2/h6,12,16-17H,3-5H2,1-2H3,(H,11,14)(H,13,15)/t6-,9-/m1/s1. The third kappa shape index (κ3) is 4.72. The lowest BCUT2D eigenvalue weighted by molar-refractivity contribution is -0.136. The fraction of sp³-hybridized carbons (Fsp3) is 0.778. The number of hydrogen-bond donors (Lipinski definition) is 5. The van der Waals surface area contributed by atoms with Crippen molar-refractivity contribution in [2.24, 2.45) is 0 Å². The SMILES string of the molecule is CCN[C@](F)(CS)C(=O)N[C@H](CS)C(=O)NC. The van der Waals surface area contributed by atoms with Crippen molar-refractivity contribution in [2.45, 2.75) is 18.8 Å². The fourth-order valence-electron chi connectivity index (χ4n) is 1.13. The van der Waals surface area contributed by atoms with Crippen LogP contribution in [0, 0.1) is 0 Å². The van der Waals surface area contributed by atoms with Crippen LogP contribution in [0.4, 0.5) is 4.39 Å². The number of halogens is 1. The van der Waals surface area contributed by atoms with Crippen LogP contribution in [0.1, 0.15) is 6.92 Å². The van der Waals surface area contributed by atoms with Gasteiger partial charge < -0.3 is 10.6 Å². The highest BCUT2D eigenvalue weighted by Gasteiger charge is 2.38. The van der Waals surface area contributed by atoms with Crippen LogP contribution in [-0.2, 0) is 9.59 Å². The summed E-state index contributed by atoms with van der Waals surface area (Å²) in [5.41, 5.74) is 0. The second kappa shape index (κ2) is 7.78. The van der Waals surface area contributed by atoms with E-state index in [2.05, 4.69) is 41.2 Å². The Kier molecular flexibility index (Phi) is 7.56. The summed E-state index contributed by atoms with van der Waals surface area (Å²) in [5.74, 6) is -3.86. The number of thiol groups is 2. The highest BCUT2D eigenvalue weighted by Crippen LogP contribution is 2.10. The molecule has 0 saturated heterocycles. The van der Waals surface area contributed by atoms with Gasteiger partial charge in [-0.3, -0.25) is 14.9 Å². The number of alkyl halides is 1. The monoisotopic (exact) mass is 283 g/mol. The fourth-order valence-corrected chi connectivity index (χ4v) is 1.64. The summed E-state index contributed by atoms with van der Waals surface area (Å²) in [4.78, 5) is 23.0. The summed E-state index contributed by atoms with van der Waals surface area (Å²) in [6.45, 7) is 1.94. The van der Waals surface area contributed by atoms with E-state index in [4.69, 9.17) is 0 Å². The van der Waals surface area contributed by atoms with Crippen LogP contribution in [0.3, 0.4) is 0 Å².